The van der Waals surface area contributed by atoms with Gasteiger partial charge < -0.3 is 14.2 Å². The molecule has 0 atom stereocenters. The van der Waals surface area contributed by atoms with Gasteiger partial charge in [-0.15, -0.1) is 10.2 Å². The van der Waals surface area contributed by atoms with Crippen LogP contribution in [-0.4, -0.2) is 47.2 Å². The molecule has 0 spiro atoms. The largest absolute Gasteiger partial charge is 0.422 e. The van der Waals surface area contributed by atoms with Crippen LogP contribution in [-0.2, 0) is 0 Å². The number of fused-ring (bicyclic) bond motifs is 1. The van der Waals surface area contributed by atoms with Crippen molar-refractivity contribution < 1.29 is 13.6 Å². The predicted molar refractivity (Wildman–Crippen MR) is 118 cm³/mol. The van der Waals surface area contributed by atoms with Crippen molar-refractivity contribution >= 4 is 22.7 Å². The summed E-state index contributed by atoms with van der Waals surface area (Å²) in [6.07, 6.45) is 0. The molecule has 0 saturated carbocycles. The summed E-state index contributed by atoms with van der Waals surface area (Å²) in [4.78, 5) is 28.9. The van der Waals surface area contributed by atoms with E-state index < -0.39 is 5.63 Å². The second-order valence-electron chi connectivity index (χ2n) is 7.55. The van der Waals surface area contributed by atoms with Crippen molar-refractivity contribution in [1.82, 2.24) is 15.1 Å². The quantitative estimate of drug-likeness (QED) is 0.464. The summed E-state index contributed by atoms with van der Waals surface area (Å²) in [5, 5.41) is 9.25. The van der Waals surface area contributed by atoms with Crippen LogP contribution in [0.15, 0.2) is 75.9 Å². The fourth-order valence-corrected chi connectivity index (χ4v) is 3.79. The van der Waals surface area contributed by atoms with Crippen molar-refractivity contribution in [2.75, 3.05) is 31.1 Å². The molecule has 4 aromatic rings. The average molecular weight is 430 g/mol. The maximum Gasteiger partial charge on any atom is 0.349 e. The highest BCUT2D eigenvalue weighted by molar-refractivity contribution is 5.96. The van der Waals surface area contributed by atoms with E-state index in [9.17, 15) is 14.0 Å². The Kier molecular flexibility index (Phi) is 5.10. The highest BCUT2D eigenvalue weighted by atomic mass is 19.1. The van der Waals surface area contributed by atoms with Gasteiger partial charge in [0.1, 0.15) is 17.0 Å². The van der Waals surface area contributed by atoms with E-state index >= 15 is 0 Å². The van der Waals surface area contributed by atoms with E-state index in [0.29, 0.717) is 48.7 Å². The minimum absolute atomic E-state index is 0.0422. The van der Waals surface area contributed by atoms with Crippen molar-refractivity contribution in [3.05, 3.63) is 88.5 Å². The smallest absolute Gasteiger partial charge is 0.349 e. The summed E-state index contributed by atoms with van der Waals surface area (Å²) in [5.41, 5.74) is 1.32. The zero-order valence-corrected chi connectivity index (χ0v) is 17.1. The number of carbonyl (C=O) groups excluding carboxylic acids is 1. The minimum atomic E-state index is -0.627. The zero-order valence-electron chi connectivity index (χ0n) is 17.1. The first-order valence-corrected chi connectivity index (χ1v) is 10.3. The molecule has 160 valence electrons. The Labute approximate surface area is 182 Å². The van der Waals surface area contributed by atoms with E-state index in [2.05, 4.69) is 10.2 Å². The van der Waals surface area contributed by atoms with Crippen LogP contribution in [0.1, 0.15) is 10.4 Å². The van der Waals surface area contributed by atoms with E-state index in [1.54, 1.807) is 41.3 Å². The highest BCUT2D eigenvalue weighted by Crippen LogP contribution is 2.20. The Hall–Kier alpha value is -4.07. The second-order valence-corrected chi connectivity index (χ2v) is 7.55. The maximum absolute atomic E-state index is 13.1. The molecule has 0 radical (unpaired) electrons. The lowest BCUT2D eigenvalue weighted by atomic mass is 10.1. The molecule has 5 rings (SSSR count). The molecular weight excluding hydrogens is 411 g/mol. The van der Waals surface area contributed by atoms with Crippen LogP contribution >= 0.6 is 0 Å². The van der Waals surface area contributed by atoms with E-state index in [4.69, 9.17) is 4.42 Å². The van der Waals surface area contributed by atoms with Crippen LogP contribution in [0.5, 0.6) is 0 Å². The Balaban J connectivity index is 1.27. The number of hydrogen-bond acceptors (Lipinski definition) is 6. The fourth-order valence-electron chi connectivity index (χ4n) is 3.79. The van der Waals surface area contributed by atoms with Gasteiger partial charge in [0.15, 0.2) is 5.82 Å². The van der Waals surface area contributed by atoms with E-state index in [1.165, 1.54) is 12.1 Å². The Morgan fingerprint density at radius 1 is 0.906 bits per heavy atom. The molecule has 7 nitrogen and oxygen atoms in total. The maximum atomic E-state index is 13.1. The zero-order chi connectivity index (χ0) is 22.1. The SMILES string of the molecule is O=C(c1cc2ccccc2oc1=O)N1CCN(c2ccc(-c3ccc(F)cc3)nn2)CC1. The Morgan fingerprint density at radius 2 is 1.66 bits per heavy atom. The molecule has 32 heavy (non-hydrogen) atoms. The Bertz CT molecular complexity index is 1330. The number of benzene rings is 2. The molecule has 1 fully saturated rings. The lowest BCUT2D eigenvalue weighted by molar-refractivity contribution is 0.0742. The number of hydrogen-bond donors (Lipinski definition) is 0. The van der Waals surface area contributed by atoms with Gasteiger partial charge in [0, 0.05) is 37.1 Å². The first-order chi connectivity index (χ1) is 15.6. The average Bonchev–Trinajstić information content (AvgIpc) is 2.84. The van der Waals surface area contributed by atoms with Crippen molar-refractivity contribution in [1.29, 1.82) is 0 Å². The summed E-state index contributed by atoms with van der Waals surface area (Å²) >= 11 is 0. The molecule has 1 saturated heterocycles. The summed E-state index contributed by atoms with van der Waals surface area (Å²) in [6, 6.07) is 18.5. The molecule has 0 aliphatic carbocycles. The van der Waals surface area contributed by atoms with Crippen LogP contribution in [0.4, 0.5) is 10.2 Å². The number of aromatic nitrogens is 2. The third-order valence-electron chi connectivity index (χ3n) is 5.55. The summed E-state index contributed by atoms with van der Waals surface area (Å²) in [7, 11) is 0. The lowest BCUT2D eigenvalue weighted by Gasteiger charge is -2.35. The van der Waals surface area contributed by atoms with Gasteiger partial charge in [-0.25, -0.2) is 9.18 Å². The molecule has 3 heterocycles. The lowest BCUT2D eigenvalue weighted by Crippen LogP contribution is -2.49. The van der Waals surface area contributed by atoms with Gasteiger partial charge in [0.05, 0.1) is 5.69 Å². The van der Waals surface area contributed by atoms with Gasteiger partial charge in [0.2, 0.25) is 0 Å². The van der Waals surface area contributed by atoms with Gasteiger partial charge in [-0.2, -0.15) is 0 Å². The van der Waals surface area contributed by atoms with Crippen LogP contribution in [0.2, 0.25) is 0 Å². The van der Waals surface area contributed by atoms with Crippen molar-refractivity contribution in [3.8, 4) is 11.3 Å². The highest BCUT2D eigenvalue weighted by Gasteiger charge is 2.25. The molecule has 1 aliphatic heterocycles. The minimum Gasteiger partial charge on any atom is -0.422 e. The fraction of sp³-hybridized carbons (Fsp3) is 0.167. The number of rotatable bonds is 3. The van der Waals surface area contributed by atoms with Crippen molar-refractivity contribution in [2.45, 2.75) is 0 Å². The van der Waals surface area contributed by atoms with Gasteiger partial charge in [-0.05, 0) is 48.5 Å². The third-order valence-corrected chi connectivity index (χ3v) is 5.55. The van der Waals surface area contributed by atoms with Crippen LogP contribution in [0.25, 0.3) is 22.2 Å². The van der Waals surface area contributed by atoms with E-state index in [0.717, 1.165) is 5.56 Å². The van der Waals surface area contributed by atoms with Gasteiger partial charge >= 0.3 is 5.63 Å². The summed E-state index contributed by atoms with van der Waals surface area (Å²) < 4.78 is 18.4. The van der Waals surface area contributed by atoms with Crippen LogP contribution < -0.4 is 10.5 Å². The molecule has 2 aromatic carbocycles. The van der Waals surface area contributed by atoms with E-state index in [-0.39, 0.29) is 17.3 Å². The topological polar surface area (TPSA) is 79.5 Å². The van der Waals surface area contributed by atoms with Crippen molar-refractivity contribution in [3.63, 3.8) is 0 Å². The number of nitrogens with zero attached hydrogens (tertiary/aromatic N) is 4. The first-order valence-electron chi connectivity index (χ1n) is 10.3. The number of anilines is 1. The monoisotopic (exact) mass is 430 g/mol. The molecule has 0 N–H and O–H groups in total. The molecule has 1 amide bonds. The van der Waals surface area contributed by atoms with Gasteiger partial charge in [0.25, 0.3) is 5.91 Å². The third kappa shape index (κ3) is 3.82. The second kappa shape index (κ2) is 8.22. The first kappa shape index (κ1) is 19.9. The molecule has 8 heteroatoms. The van der Waals surface area contributed by atoms with Crippen molar-refractivity contribution in [2.24, 2.45) is 0 Å². The molecule has 2 aromatic heterocycles. The molecule has 1 aliphatic rings. The molecule has 0 bridgehead atoms. The number of piperazine rings is 1. The predicted octanol–water partition coefficient (Wildman–Crippen LogP) is 3.35. The summed E-state index contributed by atoms with van der Waals surface area (Å²) in [5.74, 6) is 0.0716. The number of carbonyl (C=O) groups is 1. The standard InChI is InChI=1S/C24H19FN4O3/c25-18-7-5-16(6-8-18)20-9-10-22(27-26-20)28-11-13-29(14-12-28)23(30)19-15-17-3-1-2-4-21(17)32-24(19)31/h1-10,15H,11-14H2. The molecular formula is C24H19FN4O3. The van der Waals surface area contributed by atoms with E-state index in [1.807, 2.05) is 23.1 Å². The number of para-hydroxylation sites is 1. The van der Waals surface area contributed by atoms with Crippen LogP contribution in [0.3, 0.4) is 0 Å². The molecule has 0 unspecified atom stereocenters. The Morgan fingerprint density at radius 3 is 2.38 bits per heavy atom. The van der Waals surface area contributed by atoms with Crippen LogP contribution in [0, 0.1) is 5.82 Å². The number of halogens is 1. The van der Waals surface area contributed by atoms with Gasteiger partial charge in [-0.1, -0.05) is 18.2 Å². The summed E-state index contributed by atoms with van der Waals surface area (Å²) in [6.45, 7) is 2.03. The number of amides is 1. The normalized spacial score (nSPS) is 14.0. The van der Waals surface area contributed by atoms with Gasteiger partial charge in [-0.3, -0.25) is 4.79 Å².